The molecule has 2 aliphatic rings. The number of nitrogens with zero attached hydrogens (tertiary/aromatic N) is 1. The molecule has 1 saturated heterocycles. The number of halogens is 2. The fraction of sp³-hybridized carbons (Fsp3) is 0.467. The maximum Gasteiger partial charge on any atom is 0.325 e. The van der Waals surface area contributed by atoms with Gasteiger partial charge in [0.15, 0.2) is 0 Å². The maximum absolute atomic E-state index is 13.4. The van der Waals surface area contributed by atoms with Crippen molar-refractivity contribution in [3.05, 3.63) is 34.6 Å². The van der Waals surface area contributed by atoms with Crippen molar-refractivity contribution in [3.8, 4) is 0 Å². The molecule has 1 heterocycles. The predicted octanol–water partition coefficient (Wildman–Crippen LogP) is 3.23. The first kappa shape index (κ1) is 14.3. The van der Waals surface area contributed by atoms with Crippen LogP contribution in [0.25, 0.3) is 0 Å². The van der Waals surface area contributed by atoms with E-state index >= 15 is 0 Å². The minimum absolute atomic E-state index is 0.147. The number of amides is 3. The molecule has 1 N–H and O–H groups in total. The Balaban J connectivity index is 1.93. The number of carbonyl (C=O) groups is 2. The molecule has 0 unspecified atom stereocenters. The standard InChI is InChI=1S/C15H16ClFN2O2/c16-12-5-4-11(17)8-10(12)9-19-14(21)18-13(20)15(19)6-2-1-3-7-15/h4-5,8H,1-3,6-7,9H2,(H,18,20,21). The van der Waals surface area contributed by atoms with Crippen molar-refractivity contribution >= 4 is 23.5 Å². The zero-order valence-corrected chi connectivity index (χ0v) is 12.3. The summed E-state index contributed by atoms with van der Waals surface area (Å²) in [6, 6.07) is 3.64. The third-order valence-electron chi connectivity index (χ3n) is 4.42. The van der Waals surface area contributed by atoms with E-state index in [1.807, 2.05) is 0 Å². The summed E-state index contributed by atoms with van der Waals surface area (Å²) in [6.07, 6.45) is 4.19. The fourth-order valence-corrected chi connectivity index (χ4v) is 3.47. The van der Waals surface area contributed by atoms with Gasteiger partial charge in [0.2, 0.25) is 0 Å². The lowest BCUT2D eigenvalue weighted by atomic mass is 9.80. The highest BCUT2D eigenvalue weighted by Gasteiger charge is 2.52. The van der Waals surface area contributed by atoms with Crippen molar-refractivity contribution in [2.24, 2.45) is 0 Å². The maximum atomic E-state index is 13.4. The minimum atomic E-state index is -0.787. The molecule has 0 atom stereocenters. The Morgan fingerprint density at radius 2 is 1.95 bits per heavy atom. The first-order valence-electron chi connectivity index (χ1n) is 7.10. The fourth-order valence-electron chi connectivity index (χ4n) is 3.29. The lowest BCUT2D eigenvalue weighted by Crippen LogP contribution is -2.50. The molecule has 1 aliphatic carbocycles. The van der Waals surface area contributed by atoms with Crippen molar-refractivity contribution in [3.63, 3.8) is 0 Å². The Bertz CT molecular complexity index is 599. The molecule has 1 aromatic rings. The smallest absolute Gasteiger partial charge is 0.305 e. The van der Waals surface area contributed by atoms with E-state index in [0.29, 0.717) is 23.4 Å². The second-order valence-electron chi connectivity index (χ2n) is 5.67. The summed E-state index contributed by atoms with van der Waals surface area (Å²) in [5.41, 5.74) is -0.267. The molecule has 1 spiro atoms. The van der Waals surface area contributed by atoms with E-state index in [9.17, 15) is 14.0 Å². The summed E-state index contributed by atoms with van der Waals surface area (Å²) in [5.74, 6) is -0.641. The number of nitrogens with one attached hydrogen (secondary N) is 1. The van der Waals surface area contributed by atoms with Gasteiger partial charge < -0.3 is 4.90 Å². The average Bonchev–Trinajstić information content (AvgIpc) is 2.68. The zero-order chi connectivity index (χ0) is 15.0. The van der Waals surface area contributed by atoms with E-state index in [-0.39, 0.29) is 12.5 Å². The molecule has 6 heteroatoms. The van der Waals surface area contributed by atoms with Crippen LogP contribution >= 0.6 is 11.6 Å². The van der Waals surface area contributed by atoms with Crippen LogP contribution in [0.4, 0.5) is 9.18 Å². The van der Waals surface area contributed by atoms with Crippen LogP contribution in [-0.4, -0.2) is 22.4 Å². The molecule has 0 aromatic heterocycles. The van der Waals surface area contributed by atoms with Gasteiger partial charge in [-0.25, -0.2) is 9.18 Å². The third kappa shape index (κ3) is 2.39. The highest BCUT2D eigenvalue weighted by Crippen LogP contribution is 2.38. The normalized spacial score (nSPS) is 21.0. The lowest BCUT2D eigenvalue weighted by Gasteiger charge is -2.38. The molecular weight excluding hydrogens is 295 g/mol. The SMILES string of the molecule is O=C1NC(=O)C2(CCCCC2)N1Cc1cc(F)ccc1Cl. The monoisotopic (exact) mass is 310 g/mol. The second-order valence-corrected chi connectivity index (χ2v) is 6.08. The number of benzene rings is 1. The predicted molar refractivity (Wildman–Crippen MR) is 76.3 cm³/mol. The van der Waals surface area contributed by atoms with Crippen molar-refractivity contribution < 1.29 is 14.0 Å². The van der Waals surface area contributed by atoms with Crippen LogP contribution in [0.5, 0.6) is 0 Å². The van der Waals surface area contributed by atoms with Gasteiger partial charge in [-0.05, 0) is 36.6 Å². The number of rotatable bonds is 2. The van der Waals surface area contributed by atoms with Crippen LogP contribution in [0, 0.1) is 5.82 Å². The van der Waals surface area contributed by atoms with Gasteiger partial charge in [0, 0.05) is 5.02 Å². The molecule has 21 heavy (non-hydrogen) atoms. The van der Waals surface area contributed by atoms with Gasteiger partial charge in [-0.2, -0.15) is 0 Å². The van der Waals surface area contributed by atoms with E-state index in [2.05, 4.69) is 5.32 Å². The Hall–Kier alpha value is -1.62. The summed E-state index contributed by atoms with van der Waals surface area (Å²) in [7, 11) is 0. The van der Waals surface area contributed by atoms with Gasteiger partial charge in [-0.3, -0.25) is 10.1 Å². The molecule has 3 amide bonds. The number of imide groups is 1. The summed E-state index contributed by atoms with van der Waals surface area (Å²) in [4.78, 5) is 25.9. The van der Waals surface area contributed by atoms with Gasteiger partial charge >= 0.3 is 6.03 Å². The van der Waals surface area contributed by atoms with Crippen LogP contribution in [0.3, 0.4) is 0 Å². The summed E-state index contributed by atoms with van der Waals surface area (Å²) >= 11 is 6.08. The second kappa shape index (κ2) is 5.30. The van der Waals surface area contributed by atoms with Crippen molar-refractivity contribution in [2.75, 3.05) is 0 Å². The van der Waals surface area contributed by atoms with Crippen LogP contribution < -0.4 is 5.32 Å². The molecule has 1 aromatic carbocycles. The Kier molecular flexibility index (Phi) is 3.61. The van der Waals surface area contributed by atoms with Crippen molar-refractivity contribution in [1.29, 1.82) is 0 Å². The summed E-state index contributed by atoms with van der Waals surface area (Å²) < 4.78 is 13.4. The highest BCUT2D eigenvalue weighted by atomic mass is 35.5. The Morgan fingerprint density at radius 3 is 2.67 bits per heavy atom. The largest absolute Gasteiger partial charge is 0.325 e. The van der Waals surface area contributed by atoms with E-state index in [0.717, 1.165) is 19.3 Å². The van der Waals surface area contributed by atoms with E-state index in [1.54, 1.807) is 0 Å². The van der Waals surface area contributed by atoms with E-state index in [1.165, 1.54) is 23.1 Å². The quantitative estimate of drug-likeness (QED) is 0.853. The van der Waals surface area contributed by atoms with Crippen LogP contribution in [0.1, 0.15) is 37.7 Å². The van der Waals surface area contributed by atoms with E-state index in [4.69, 9.17) is 11.6 Å². The van der Waals surface area contributed by atoms with Gasteiger partial charge in [0.25, 0.3) is 5.91 Å². The molecule has 1 aliphatic heterocycles. The molecule has 4 nitrogen and oxygen atoms in total. The molecule has 112 valence electrons. The van der Waals surface area contributed by atoms with Gasteiger partial charge in [-0.15, -0.1) is 0 Å². The van der Waals surface area contributed by atoms with Crippen LogP contribution in [-0.2, 0) is 11.3 Å². The van der Waals surface area contributed by atoms with Crippen molar-refractivity contribution in [1.82, 2.24) is 10.2 Å². The number of hydrogen-bond acceptors (Lipinski definition) is 2. The number of urea groups is 1. The molecule has 3 rings (SSSR count). The number of carbonyl (C=O) groups excluding carboxylic acids is 2. The summed E-state index contributed by atoms with van der Waals surface area (Å²) in [5, 5.41) is 2.79. The first-order valence-corrected chi connectivity index (χ1v) is 7.48. The molecule has 0 radical (unpaired) electrons. The third-order valence-corrected chi connectivity index (χ3v) is 4.79. The van der Waals surface area contributed by atoms with Gasteiger partial charge in [0.05, 0.1) is 6.54 Å². The minimum Gasteiger partial charge on any atom is -0.305 e. The van der Waals surface area contributed by atoms with Crippen LogP contribution in [0.15, 0.2) is 18.2 Å². The van der Waals surface area contributed by atoms with Gasteiger partial charge in [0.1, 0.15) is 11.4 Å². The average molecular weight is 311 g/mol. The molecule has 2 fully saturated rings. The molecule has 1 saturated carbocycles. The molecular formula is C15H16ClFN2O2. The number of hydrogen-bond donors (Lipinski definition) is 1. The highest BCUT2D eigenvalue weighted by molar-refractivity contribution is 6.31. The first-order chi connectivity index (χ1) is 10.0. The Morgan fingerprint density at radius 1 is 1.24 bits per heavy atom. The van der Waals surface area contributed by atoms with Crippen molar-refractivity contribution in [2.45, 2.75) is 44.2 Å². The zero-order valence-electron chi connectivity index (χ0n) is 11.5. The topological polar surface area (TPSA) is 49.4 Å². The van der Waals surface area contributed by atoms with Gasteiger partial charge in [-0.1, -0.05) is 30.9 Å². The summed E-state index contributed by atoms with van der Waals surface area (Å²) in [6.45, 7) is 0.147. The van der Waals surface area contributed by atoms with E-state index < -0.39 is 17.4 Å². The Labute approximate surface area is 127 Å². The molecule has 0 bridgehead atoms. The lowest BCUT2D eigenvalue weighted by molar-refractivity contribution is -0.128. The van der Waals surface area contributed by atoms with Crippen LogP contribution in [0.2, 0.25) is 5.02 Å².